The normalized spacial score (nSPS) is 12.2. The van der Waals surface area contributed by atoms with Gasteiger partial charge in [-0.25, -0.2) is 0 Å². The molecule has 1 aromatic rings. The first kappa shape index (κ1) is 14.5. The lowest BCUT2D eigenvalue weighted by atomic mass is 10.2. The van der Waals surface area contributed by atoms with Crippen molar-refractivity contribution in [3.05, 3.63) is 29.8 Å². The molecule has 0 aliphatic heterocycles. The second kappa shape index (κ2) is 7.67. The molecule has 5 nitrogen and oxygen atoms in total. The van der Waals surface area contributed by atoms with Gasteiger partial charge in [-0.2, -0.15) is 5.26 Å². The van der Waals surface area contributed by atoms with E-state index in [0.717, 1.165) is 0 Å². The summed E-state index contributed by atoms with van der Waals surface area (Å²) in [5, 5.41) is 27.1. The molecule has 1 atom stereocenters. The van der Waals surface area contributed by atoms with E-state index in [4.69, 9.17) is 15.1 Å². The van der Waals surface area contributed by atoms with Crippen molar-refractivity contribution in [2.24, 2.45) is 0 Å². The summed E-state index contributed by atoms with van der Waals surface area (Å²) in [4.78, 5) is 1.83. The Morgan fingerprint density at radius 3 is 2.61 bits per heavy atom. The molecule has 2 N–H and O–H groups in total. The first-order valence-electron chi connectivity index (χ1n) is 5.76. The number of nitrogens with zero attached hydrogens (tertiary/aromatic N) is 2. The number of benzene rings is 1. The van der Waals surface area contributed by atoms with Crippen molar-refractivity contribution in [1.29, 1.82) is 5.26 Å². The van der Waals surface area contributed by atoms with Gasteiger partial charge in [0.25, 0.3) is 0 Å². The second-order valence-electron chi connectivity index (χ2n) is 4.09. The first-order chi connectivity index (χ1) is 8.65. The van der Waals surface area contributed by atoms with E-state index in [2.05, 4.69) is 0 Å². The van der Waals surface area contributed by atoms with Crippen molar-refractivity contribution in [2.45, 2.75) is 6.10 Å². The number of aliphatic hydroxyl groups is 2. The quantitative estimate of drug-likeness (QED) is 0.724. The number of aliphatic hydroxyl groups excluding tert-OH is 2. The van der Waals surface area contributed by atoms with Crippen LogP contribution in [0.5, 0.6) is 5.75 Å². The van der Waals surface area contributed by atoms with Crippen molar-refractivity contribution in [1.82, 2.24) is 4.90 Å². The van der Waals surface area contributed by atoms with Gasteiger partial charge in [0.05, 0.1) is 18.2 Å². The third-order valence-corrected chi connectivity index (χ3v) is 2.43. The molecule has 0 aliphatic rings. The molecule has 0 amide bonds. The van der Waals surface area contributed by atoms with Gasteiger partial charge in [0.1, 0.15) is 18.5 Å². The third kappa shape index (κ3) is 5.15. The molecule has 98 valence electrons. The highest BCUT2D eigenvalue weighted by Gasteiger charge is 2.08. The summed E-state index contributed by atoms with van der Waals surface area (Å²) in [6, 6.07) is 8.75. The molecule has 0 aromatic heterocycles. The summed E-state index contributed by atoms with van der Waals surface area (Å²) in [6.07, 6.45) is -0.614. The average Bonchev–Trinajstić information content (AvgIpc) is 2.37. The summed E-state index contributed by atoms with van der Waals surface area (Å²) in [7, 11) is 1.82. The lowest BCUT2D eigenvalue weighted by molar-refractivity contribution is 0.0711. The zero-order valence-corrected chi connectivity index (χ0v) is 10.4. The van der Waals surface area contributed by atoms with Crippen LogP contribution in [0, 0.1) is 11.3 Å². The Hall–Kier alpha value is -1.61. The van der Waals surface area contributed by atoms with Gasteiger partial charge < -0.3 is 19.8 Å². The van der Waals surface area contributed by atoms with Gasteiger partial charge in [0.2, 0.25) is 0 Å². The maximum absolute atomic E-state index is 9.71. The minimum Gasteiger partial charge on any atom is -0.491 e. The molecule has 18 heavy (non-hydrogen) atoms. The summed E-state index contributed by atoms with van der Waals surface area (Å²) in [5.41, 5.74) is 0.575. The largest absolute Gasteiger partial charge is 0.491 e. The molecule has 0 radical (unpaired) electrons. The SMILES string of the molecule is CN(CCO)CC(O)COc1ccc(C#N)cc1. The topological polar surface area (TPSA) is 76.7 Å². The second-order valence-corrected chi connectivity index (χ2v) is 4.09. The minimum absolute atomic E-state index is 0.0691. The van der Waals surface area contributed by atoms with E-state index in [1.165, 1.54) is 0 Å². The van der Waals surface area contributed by atoms with Gasteiger partial charge in [0, 0.05) is 13.1 Å². The van der Waals surface area contributed by atoms with Crippen LogP contribution in [-0.4, -0.2) is 54.6 Å². The highest BCUT2D eigenvalue weighted by molar-refractivity contribution is 5.34. The lowest BCUT2D eigenvalue weighted by Gasteiger charge is -2.19. The van der Waals surface area contributed by atoms with Crippen molar-refractivity contribution < 1.29 is 14.9 Å². The van der Waals surface area contributed by atoms with E-state index in [1.54, 1.807) is 24.3 Å². The number of hydrogen-bond donors (Lipinski definition) is 2. The maximum atomic E-state index is 9.71. The molecule has 0 saturated heterocycles. The van der Waals surface area contributed by atoms with Crippen molar-refractivity contribution in [3.8, 4) is 11.8 Å². The molecule has 0 spiro atoms. The highest BCUT2D eigenvalue weighted by Crippen LogP contribution is 2.11. The van der Waals surface area contributed by atoms with Gasteiger partial charge in [-0.15, -0.1) is 0 Å². The summed E-state index contributed by atoms with van der Waals surface area (Å²) >= 11 is 0. The summed E-state index contributed by atoms with van der Waals surface area (Å²) in [5.74, 6) is 0.623. The Bertz CT molecular complexity index is 386. The van der Waals surface area contributed by atoms with Crippen LogP contribution >= 0.6 is 0 Å². The van der Waals surface area contributed by atoms with Crippen molar-refractivity contribution in [2.75, 3.05) is 33.4 Å². The number of hydrogen-bond acceptors (Lipinski definition) is 5. The zero-order chi connectivity index (χ0) is 13.4. The third-order valence-electron chi connectivity index (χ3n) is 2.43. The van der Waals surface area contributed by atoms with Gasteiger partial charge in [0.15, 0.2) is 0 Å². The predicted octanol–water partition coefficient (Wildman–Crippen LogP) is 0.222. The summed E-state index contributed by atoms with van der Waals surface area (Å²) in [6.45, 7) is 1.21. The fourth-order valence-corrected chi connectivity index (χ4v) is 1.49. The molecule has 1 rings (SSSR count). The van der Waals surface area contributed by atoms with Crippen LogP contribution in [0.4, 0.5) is 0 Å². The molecule has 0 heterocycles. The fraction of sp³-hybridized carbons (Fsp3) is 0.462. The molecule has 0 aliphatic carbocycles. The number of rotatable bonds is 7. The average molecular weight is 250 g/mol. The molecule has 1 unspecified atom stereocenters. The van der Waals surface area contributed by atoms with E-state index in [-0.39, 0.29) is 13.2 Å². The Morgan fingerprint density at radius 2 is 2.06 bits per heavy atom. The van der Waals surface area contributed by atoms with Crippen molar-refractivity contribution >= 4 is 0 Å². The van der Waals surface area contributed by atoms with Crippen LogP contribution in [0.25, 0.3) is 0 Å². The first-order valence-corrected chi connectivity index (χ1v) is 5.76. The summed E-state index contributed by atoms with van der Waals surface area (Å²) < 4.78 is 5.40. The van der Waals surface area contributed by atoms with Crippen LogP contribution in [0.15, 0.2) is 24.3 Å². The van der Waals surface area contributed by atoms with Gasteiger partial charge in [-0.3, -0.25) is 0 Å². The molecular weight excluding hydrogens is 232 g/mol. The van der Waals surface area contributed by atoms with E-state index in [0.29, 0.717) is 24.4 Å². The van der Waals surface area contributed by atoms with Gasteiger partial charge in [-0.1, -0.05) is 0 Å². The molecule has 1 aromatic carbocycles. The smallest absolute Gasteiger partial charge is 0.119 e. The lowest BCUT2D eigenvalue weighted by Crippen LogP contribution is -2.34. The fourth-order valence-electron chi connectivity index (χ4n) is 1.49. The van der Waals surface area contributed by atoms with E-state index < -0.39 is 6.10 Å². The molecule has 5 heteroatoms. The number of ether oxygens (including phenoxy) is 1. The van der Waals surface area contributed by atoms with E-state index in [9.17, 15) is 5.11 Å². The Kier molecular flexibility index (Phi) is 6.15. The van der Waals surface area contributed by atoms with Crippen LogP contribution in [-0.2, 0) is 0 Å². The van der Waals surface area contributed by atoms with Gasteiger partial charge in [-0.05, 0) is 31.3 Å². The molecule has 0 fully saturated rings. The van der Waals surface area contributed by atoms with Crippen LogP contribution < -0.4 is 4.74 Å². The molecular formula is C13H18N2O3. The van der Waals surface area contributed by atoms with E-state index in [1.807, 2.05) is 18.0 Å². The Morgan fingerprint density at radius 1 is 1.39 bits per heavy atom. The number of nitriles is 1. The zero-order valence-electron chi connectivity index (χ0n) is 10.4. The minimum atomic E-state index is -0.614. The number of likely N-dealkylation sites (N-methyl/N-ethyl adjacent to an activating group) is 1. The van der Waals surface area contributed by atoms with E-state index >= 15 is 0 Å². The molecule has 0 bridgehead atoms. The Labute approximate surface area is 107 Å². The van der Waals surface area contributed by atoms with Gasteiger partial charge >= 0.3 is 0 Å². The predicted molar refractivity (Wildman–Crippen MR) is 67.2 cm³/mol. The highest BCUT2D eigenvalue weighted by atomic mass is 16.5. The standard InChI is InChI=1S/C13H18N2O3/c1-15(6-7-16)9-12(17)10-18-13-4-2-11(8-14)3-5-13/h2-5,12,16-17H,6-7,9-10H2,1H3. The van der Waals surface area contributed by atoms with Crippen LogP contribution in [0.1, 0.15) is 5.56 Å². The van der Waals surface area contributed by atoms with Crippen LogP contribution in [0.2, 0.25) is 0 Å². The maximum Gasteiger partial charge on any atom is 0.119 e. The van der Waals surface area contributed by atoms with Crippen molar-refractivity contribution in [3.63, 3.8) is 0 Å². The Balaban J connectivity index is 2.33. The monoisotopic (exact) mass is 250 g/mol. The van der Waals surface area contributed by atoms with Crippen LogP contribution in [0.3, 0.4) is 0 Å². The molecule has 0 saturated carbocycles.